The molecular weight excluding hydrogens is 298 g/mol. The van der Waals surface area contributed by atoms with E-state index in [1.807, 2.05) is 19.1 Å². The first-order valence-electron chi connectivity index (χ1n) is 7.24. The predicted molar refractivity (Wildman–Crippen MR) is 91.5 cm³/mol. The number of nitrogens with zero attached hydrogens (tertiary/aromatic N) is 1. The highest BCUT2D eigenvalue weighted by Gasteiger charge is 2.13. The number of amides is 1. The second-order valence-electron chi connectivity index (χ2n) is 5.49. The molecule has 1 atom stereocenters. The van der Waals surface area contributed by atoms with Crippen molar-refractivity contribution >= 4 is 29.0 Å². The zero-order chi connectivity index (χ0) is 16.1. The molecule has 2 N–H and O–H groups in total. The van der Waals surface area contributed by atoms with E-state index in [2.05, 4.69) is 41.6 Å². The molecular formula is C17H20ClN3O. The highest BCUT2D eigenvalue weighted by atomic mass is 35.5. The smallest absolute Gasteiger partial charge is 0.247 e. The molecule has 0 saturated carbocycles. The maximum absolute atomic E-state index is 12.1. The number of anilines is 2. The lowest BCUT2D eigenvalue weighted by molar-refractivity contribution is -0.116. The quantitative estimate of drug-likeness (QED) is 0.864. The van der Waals surface area contributed by atoms with Gasteiger partial charge in [0.25, 0.3) is 0 Å². The molecule has 0 radical (unpaired) electrons. The molecule has 0 aliphatic rings. The monoisotopic (exact) mass is 317 g/mol. The number of benzene rings is 1. The average Bonchev–Trinajstić information content (AvgIpc) is 2.50. The van der Waals surface area contributed by atoms with Gasteiger partial charge in [-0.3, -0.25) is 4.79 Å². The van der Waals surface area contributed by atoms with E-state index in [9.17, 15) is 4.79 Å². The molecule has 0 unspecified atom stereocenters. The van der Waals surface area contributed by atoms with Crippen molar-refractivity contribution in [2.75, 3.05) is 10.6 Å². The molecule has 2 rings (SSSR count). The molecule has 4 nitrogen and oxygen atoms in total. The predicted octanol–water partition coefficient (Wildman–Crippen LogP) is 4.30. The summed E-state index contributed by atoms with van der Waals surface area (Å²) in [7, 11) is 0. The molecule has 0 aliphatic heterocycles. The lowest BCUT2D eigenvalue weighted by Crippen LogP contribution is -2.32. The van der Waals surface area contributed by atoms with Crippen LogP contribution in [0.3, 0.4) is 0 Å². The Bertz CT molecular complexity index is 623. The van der Waals surface area contributed by atoms with Crippen LogP contribution in [-0.2, 0) is 4.79 Å². The SMILES string of the molecule is CC(C)c1ccc(N[C@@H](C)C(=O)Nc2ccc(Cl)cn2)cc1. The molecule has 0 spiro atoms. The third-order valence-corrected chi connectivity index (χ3v) is 3.56. The number of carbonyl (C=O) groups excluding carboxylic acids is 1. The number of rotatable bonds is 5. The number of aromatic nitrogens is 1. The van der Waals surface area contributed by atoms with Crippen LogP contribution in [-0.4, -0.2) is 16.9 Å². The van der Waals surface area contributed by atoms with Gasteiger partial charge in [0, 0.05) is 11.9 Å². The Morgan fingerprint density at radius 3 is 2.32 bits per heavy atom. The number of hydrogen-bond acceptors (Lipinski definition) is 3. The van der Waals surface area contributed by atoms with Crippen LogP contribution < -0.4 is 10.6 Å². The first-order valence-corrected chi connectivity index (χ1v) is 7.62. The number of carbonyl (C=O) groups is 1. The van der Waals surface area contributed by atoms with Gasteiger partial charge in [-0.2, -0.15) is 0 Å². The second kappa shape index (κ2) is 7.27. The van der Waals surface area contributed by atoms with Crippen LogP contribution in [0.5, 0.6) is 0 Å². The normalized spacial score (nSPS) is 12.0. The van der Waals surface area contributed by atoms with Crippen LogP contribution in [0.15, 0.2) is 42.6 Å². The van der Waals surface area contributed by atoms with E-state index in [1.54, 1.807) is 12.1 Å². The van der Waals surface area contributed by atoms with E-state index in [1.165, 1.54) is 11.8 Å². The number of hydrogen-bond donors (Lipinski definition) is 2. The largest absolute Gasteiger partial charge is 0.374 e. The Kier molecular flexibility index (Phi) is 5.39. The van der Waals surface area contributed by atoms with Crippen molar-refractivity contribution in [3.63, 3.8) is 0 Å². The van der Waals surface area contributed by atoms with Gasteiger partial charge in [0.1, 0.15) is 11.9 Å². The average molecular weight is 318 g/mol. The van der Waals surface area contributed by atoms with E-state index >= 15 is 0 Å². The van der Waals surface area contributed by atoms with E-state index in [-0.39, 0.29) is 11.9 Å². The summed E-state index contributed by atoms with van der Waals surface area (Å²) in [5, 5.41) is 6.46. The van der Waals surface area contributed by atoms with Crippen LogP contribution in [0.4, 0.5) is 11.5 Å². The summed E-state index contributed by atoms with van der Waals surface area (Å²) in [6.45, 7) is 6.11. The zero-order valence-corrected chi connectivity index (χ0v) is 13.7. The Balaban J connectivity index is 1.94. The summed E-state index contributed by atoms with van der Waals surface area (Å²) in [4.78, 5) is 16.2. The maximum atomic E-state index is 12.1. The third-order valence-electron chi connectivity index (χ3n) is 3.33. The molecule has 1 aromatic carbocycles. The van der Waals surface area contributed by atoms with E-state index < -0.39 is 0 Å². The summed E-state index contributed by atoms with van der Waals surface area (Å²) in [6, 6.07) is 11.1. The third kappa shape index (κ3) is 4.46. The Morgan fingerprint density at radius 2 is 1.77 bits per heavy atom. The summed E-state index contributed by atoms with van der Waals surface area (Å²) in [5.41, 5.74) is 2.18. The first kappa shape index (κ1) is 16.3. The molecule has 1 amide bonds. The van der Waals surface area contributed by atoms with Crippen molar-refractivity contribution in [2.24, 2.45) is 0 Å². The highest BCUT2D eigenvalue weighted by molar-refractivity contribution is 6.30. The Hall–Kier alpha value is -2.07. The summed E-state index contributed by atoms with van der Waals surface area (Å²) >= 11 is 5.77. The molecule has 116 valence electrons. The van der Waals surface area contributed by atoms with E-state index in [4.69, 9.17) is 11.6 Å². The second-order valence-corrected chi connectivity index (χ2v) is 5.93. The van der Waals surface area contributed by atoms with Gasteiger partial charge >= 0.3 is 0 Å². The standard InChI is InChI=1S/C17H20ClN3O/c1-11(2)13-4-7-15(8-5-13)20-12(3)17(22)21-16-9-6-14(18)10-19-16/h4-12,20H,1-3H3,(H,19,21,22)/t12-/m0/s1. The minimum absolute atomic E-state index is 0.150. The Labute approximate surface area is 135 Å². The van der Waals surface area contributed by atoms with Crippen molar-refractivity contribution in [2.45, 2.75) is 32.7 Å². The fourth-order valence-corrected chi connectivity index (χ4v) is 2.08. The van der Waals surface area contributed by atoms with Gasteiger partial charge in [-0.05, 0) is 42.7 Å². The first-order chi connectivity index (χ1) is 10.5. The van der Waals surface area contributed by atoms with Crippen LogP contribution in [0, 0.1) is 0 Å². The van der Waals surface area contributed by atoms with Gasteiger partial charge in [-0.1, -0.05) is 37.6 Å². The number of nitrogens with one attached hydrogen (secondary N) is 2. The van der Waals surface area contributed by atoms with Gasteiger partial charge in [0.15, 0.2) is 0 Å². The van der Waals surface area contributed by atoms with Crippen LogP contribution in [0.1, 0.15) is 32.3 Å². The highest BCUT2D eigenvalue weighted by Crippen LogP contribution is 2.18. The van der Waals surface area contributed by atoms with E-state index in [0.29, 0.717) is 16.8 Å². The summed E-state index contributed by atoms with van der Waals surface area (Å²) in [5.74, 6) is 0.826. The molecule has 0 fully saturated rings. The zero-order valence-electron chi connectivity index (χ0n) is 12.9. The summed E-state index contributed by atoms with van der Waals surface area (Å²) in [6.07, 6.45) is 1.50. The molecule has 0 aliphatic carbocycles. The van der Waals surface area contributed by atoms with Gasteiger partial charge < -0.3 is 10.6 Å². The fraction of sp³-hybridized carbons (Fsp3) is 0.294. The van der Waals surface area contributed by atoms with Crippen molar-refractivity contribution in [1.82, 2.24) is 4.98 Å². The van der Waals surface area contributed by atoms with Crippen LogP contribution in [0.25, 0.3) is 0 Å². The summed E-state index contributed by atoms with van der Waals surface area (Å²) < 4.78 is 0. The fourth-order valence-electron chi connectivity index (χ4n) is 1.96. The van der Waals surface area contributed by atoms with E-state index in [0.717, 1.165) is 5.69 Å². The lowest BCUT2D eigenvalue weighted by Gasteiger charge is -2.15. The molecule has 0 bridgehead atoms. The lowest BCUT2D eigenvalue weighted by atomic mass is 10.0. The van der Waals surface area contributed by atoms with Gasteiger partial charge in [-0.15, -0.1) is 0 Å². The minimum Gasteiger partial charge on any atom is -0.374 e. The minimum atomic E-state index is -0.373. The van der Waals surface area contributed by atoms with Crippen molar-refractivity contribution in [1.29, 1.82) is 0 Å². The van der Waals surface area contributed by atoms with Crippen LogP contribution in [0.2, 0.25) is 5.02 Å². The molecule has 0 saturated heterocycles. The van der Waals surface area contributed by atoms with Gasteiger partial charge in [0.05, 0.1) is 5.02 Å². The molecule has 1 heterocycles. The molecule has 2 aromatic rings. The topological polar surface area (TPSA) is 54.0 Å². The van der Waals surface area contributed by atoms with Gasteiger partial charge in [0.2, 0.25) is 5.91 Å². The number of halogens is 1. The van der Waals surface area contributed by atoms with Crippen LogP contribution >= 0.6 is 11.6 Å². The van der Waals surface area contributed by atoms with Crippen molar-refractivity contribution in [3.8, 4) is 0 Å². The molecule has 5 heteroatoms. The Morgan fingerprint density at radius 1 is 1.09 bits per heavy atom. The molecule has 1 aromatic heterocycles. The van der Waals surface area contributed by atoms with Crippen molar-refractivity contribution in [3.05, 3.63) is 53.2 Å². The van der Waals surface area contributed by atoms with Gasteiger partial charge in [-0.25, -0.2) is 4.98 Å². The molecule has 22 heavy (non-hydrogen) atoms. The van der Waals surface area contributed by atoms with Crippen molar-refractivity contribution < 1.29 is 4.79 Å². The maximum Gasteiger partial charge on any atom is 0.247 e. The number of pyridine rings is 1.